The maximum atomic E-state index is 12.4. The van der Waals surface area contributed by atoms with Gasteiger partial charge in [0.05, 0.1) is 0 Å². The van der Waals surface area contributed by atoms with Crippen LogP contribution in [0.4, 0.5) is 0 Å². The van der Waals surface area contributed by atoms with Crippen molar-refractivity contribution in [1.29, 1.82) is 0 Å². The molecule has 3 rings (SSSR count). The van der Waals surface area contributed by atoms with Crippen LogP contribution in [0.3, 0.4) is 0 Å². The Morgan fingerprint density at radius 1 is 1.47 bits per heavy atom. The second-order valence-electron chi connectivity index (χ2n) is 5.83. The molecule has 19 heavy (non-hydrogen) atoms. The Kier molecular flexibility index (Phi) is 3.26. The molecule has 6 heteroatoms. The van der Waals surface area contributed by atoms with Gasteiger partial charge in [0, 0.05) is 25.0 Å². The van der Waals surface area contributed by atoms with E-state index in [2.05, 4.69) is 15.2 Å². The van der Waals surface area contributed by atoms with Gasteiger partial charge in [-0.25, -0.2) is 4.98 Å². The van der Waals surface area contributed by atoms with Crippen LogP contribution in [-0.4, -0.2) is 45.1 Å². The summed E-state index contributed by atoms with van der Waals surface area (Å²) in [5, 5.41) is 6.95. The average molecular weight is 263 g/mol. The fourth-order valence-electron chi connectivity index (χ4n) is 2.67. The van der Waals surface area contributed by atoms with Crippen molar-refractivity contribution in [2.45, 2.75) is 44.6 Å². The first-order chi connectivity index (χ1) is 9.15. The van der Waals surface area contributed by atoms with E-state index in [4.69, 9.17) is 5.73 Å². The third-order valence-corrected chi connectivity index (χ3v) is 4.15. The van der Waals surface area contributed by atoms with Crippen molar-refractivity contribution in [2.24, 2.45) is 11.7 Å². The molecule has 1 aromatic heterocycles. The molecule has 6 nitrogen and oxygen atoms in total. The van der Waals surface area contributed by atoms with E-state index in [9.17, 15) is 4.79 Å². The Morgan fingerprint density at radius 2 is 2.26 bits per heavy atom. The molecular weight excluding hydrogens is 242 g/mol. The standard InChI is InChI=1S/C13H21N5O/c1-8(14)10-3-2-6-18(7-10)13(19)12-15-11(16-17-12)9-4-5-9/h8-10H,2-7,14H2,1H3,(H,15,16,17). The number of rotatable bonds is 3. The Bertz CT molecular complexity index is 465. The number of aromatic nitrogens is 3. The van der Waals surface area contributed by atoms with Crippen molar-refractivity contribution in [3.05, 3.63) is 11.6 Å². The van der Waals surface area contributed by atoms with Gasteiger partial charge >= 0.3 is 0 Å². The van der Waals surface area contributed by atoms with Gasteiger partial charge in [-0.2, -0.15) is 0 Å². The minimum absolute atomic E-state index is 0.0616. The topological polar surface area (TPSA) is 87.9 Å². The molecule has 2 aliphatic rings. The van der Waals surface area contributed by atoms with Crippen LogP contribution >= 0.6 is 0 Å². The van der Waals surface area contributed by atoms with Crippen molar-refractivity contribution < 1.29 is 4.79 Å². The largest absolute Gasteiger partial charge is 0.336 e. The molecule has 0 aromatic carbocycles. The zero-order valence-corrected chi connectivity index (χ0v) is 11.3. The number of nitrogens with zero attached hydrogens (tertiary/aromatic N) is 3. The number of nitrogens with two attached hydrogens (primary N) is 1. The maximum Gasteiger partial charge on any atom is 0.293 e. The molecule has 1 amide bonds. The summed E-state index contributed by atoms with van der Waals surface area (Å²) in [5.74, 6) is 2.00. The second-order valence-corrected chi connectivity index (χ2v) is 5.83. The summed E-state index contributed by atoms with van der Waals surface area (Å²) in [6, 6.07) is 0.129. The molecule has 2 atom stereocenters. The van der Waals surface area contributed by atoms with E-state index in [-0.39, 0.29) is 11.9 Å². The number of carbonyl (C=O) groups is 1. The Hall–Kier alpha value is -1.43. The Labute approximate surface area is 112 Å². The van der Waals surface area contributed by atoms with E-state index in [0.717, 1.165) is 44.6 Å². The van der Waals surface area contributed by atoms with E-state index < -0.39 is 0 Å². The van der Waals surface area contributed by atoms with Gasteiger partial charge < -0.3 is 10.6 Å². The first kappa shape index (κ1) is 12.6. The molecule has 2 heterocycles. The molecule has 0 radical (unpaired) electrons. The molecular formula is C13H21N5O. The van der Waals surface area contributed by atoms with Crippen LogP contribution < -0.4 is 5.73 Å². The van der Waals surface area contributed by atoms with Gasteiger partial charge in [0.15, 0.2) is 0 Å². The number of amides is 1. The molecule has 2 fully saturated rings. The van der Waals surface area contributed by atoms with Crippen LogP contribution in [0.2, 0.25) is 0 Å². The normalized spacial score (nSPS) is 25.4. The Balaban J connectivity index is 1.68. The Morgan fingerprint density at radius 3 is 2.95 bits per heavy atom. The van der Waals surface area contributed by atoms with Crippen LogP contribution in [0.15, 0.2) is 0 Å². The summed E-state index contributed by atoms with van der Waals surface area (Å²) in [6.45, 7) is 3.52. The minimum atomic E-state index is -0.0616. The van der Waals surface area contributed by atoms with Gasteiger partial charge in [0.1, 0.15) is 5.82 Å². The number of hydrogen-bond acceptors (Lipinski definition) is 4. The number of carbonyl (C=O) groups excluding carboxylic acids is 1. The number of hydrogen-bond donors (Lipinski definition) is 2. The molecule has 3 N–H and O–H groups in total. The van der Waals surface area contributed by atoms with Gasteiger partial charge in [0.2, 0.25) is 5.82 Å². The molecule has 0 spiro atoms. The number of likely N-dealkylation sites (tertiary alicyclic amines) is 1. The molecule has 1 saturated carbocycles. The highest BCUT2D eigenvalue weighted by Gasteiger charge is 2.31. The van der Waals surface area contributed by atoms with E-state index >= 15 is 0 Å². The molecule has 1 aliphatic carbocycles. The summed E-state index contributed by atoms with van der Waals surface area (Å²) in [4.78, 5) is 18.5. The third-order valence-electron chi connectivity index (χ3n) is 4.15. The lowest BCUT2D eigenvalue weighted by atomic mass is 9.92. The summed E-state index contributed by atoms with van der Waals surface area (Å²) in [7, 11) is 0. The monoisotopic (exact) mass is 263 g/mol. The van der Waals surface area contributed by atoms with E-state index in [0.29, 0.717) is 17.7 Å². The van der Waals surface area contributed by atoms with Crippen molar-refractivity contribution in [1.82, 2.24) is 20.1 Å². The van der Waals surface area contributed by atoms with E-state index in [1.54, 1.807) is 0 Å². The van der Waals surface area contributed by atoms with Crippen molar-refractivity contribution >= 4 is 5.91 Å². The zero-order valence-electron chi connectivity index (χ0n) is 11.3. The lowest BCUT2D eigenvalue weighted by Crippen LogP contribution is -2.45. The van der Waals surface area contributed by atoms with Crippen molar-refractivity contribution in [2.75, 3.05) is 13.1 Å². The van der Waals surface area contributed by atoms with Crippen LogP contribution in [0.25, 0.3) is 0 Å². The zero-order chi connectivity index (χ0) is 13.4. The van der Waals surface area contributed by atoms with E-state index in [1.165, 1.54) is 0 Å². The summed E-state index contributed by atoms with van der Waals surface area (Å²) < 4.78 is 0. The highest BCUT2D eigenvalue weighted by Crippen LogP contribution is 2.37. The predicted octanol–water partition coefficient (Wildman–Crippen LogP) is 0.881. The molecule has 104 valence electrons. The first-order valence-electron chi connectivity index (χ1n) is 7.12. The molecule has 1 aliphatic heterocycles. The van der Waals surface area contributed by atoms with Crippen LogP contribution in [0, 0.1) is 5.92 Å². The average Bonchev–Trinajstić information content (AvgIpc) is 3.16. The van der Waals surface area contributed by atoms with Crippen LogP contribution in [-0.2, 0) is 0 Å². The van der Waals surface area contributed by atoms with Crippen LogP contribution in [0.1, 0.15) is 55.0 Å². The fourth-order valence-corrected chi connectivity index (χ4v) is 2.67. The summed E-state index contributed by atoms with van der Waals surface area (Å²) >= 11 is 0. The lowest BCUT2D eigenvalue weighted by Gasteiger charge is -2.33. The van der Waals surface area contributed by atoms with Crippen LogP contribution in [0.5, 0.6) is 0 Å². The highest BCUT2D eigenvalue weighted by molar-refractivity contribution is 5.90. The SMILES string of the molecule is CC(N)C1CCCN(C(=O)c2n[nH]c(C3CC3)n2)C1. The molecule has 1 aromatic rings. The molecule has 1 saturated heterocycles. The van der Waals surface area contributed by atoms with Gasteiger partial charge in [-0.3, -0.25) is 9.89 Å². The van der Waals surface area contributed by atoms with Gasteiger partial charge in [-0.05, 0) is 38.5 Å². The smallest absolute Gasteiger partial charge is 0.293 e. The quantitative estimate of drug-likeness (QED) is 0.847. The number of H-pyrrole nitrogens is 1. The van der Waals surface area contributed by atoms with Crippen molar-refractivity contribution in [3.8, 4) is 0 Å². The first-order valence-corrected chi connectivity index (χ1v) is 7.12. The number of nitrogens with one attached hydrogen (secondary N) is 1. The second kappa shape index (κ2) is 4.92. The van der Waals surface area contributed by atoms with Gasteiger partial charge in [0.25, 0.3) is 5.91 Å². The summed E-state index contributed by atoms with van der Waals surface area (Å²) in [6.07, 6.45) is 4.42. The van der Waals surface area contributed by atoms with Gasteiger partial charge in [-0.1, -0.05) is 0 Å². The minimum Gasteiger partial charge on any atom is -0.336 e. The predicted molar refractivity (Wildman–Crippen MR) is 70.6 cm³/mol. The third kappa shape index (κ3) is 2.63. The van der Waals surface area contributed by atoms with Gasteiger partial charge in [-0.15, -0.1) is 5.10 Å². The van der Waals surface area contributed by atoms with Crippen molar-refractivity contribution in [3.63, 3.8) is 0 Å². The number of aromatic amines is 1. The number of piperidine rings is 1. The highest BCUT2D eigenvalue weighted by atomic mass is 16.2. The molecule has 0 bridgehead atoms. The van der Waals surface area contributed by atoms with E-state index in [1.807, 2.05) is 11.8 Å². The maximum absolute atomic E-state index is 12.4. The fraction of sp³-hybridized carbons (Fsp3) is 0.769. The lowest BCUT2D eigenvalue weighted by molar-refractivity contribution is 0.0649. The summed E-state index contributed by atoms with van der Waals surface area (Å²) in [5.41, 5.74) is 5.94. The molecule has 2 unspecified atom stereocenters.